The number of Topliss-reactive ketones (excluding diaryl/α,β-unsaturated/α-hetero) is 1. The van der Waals surface area contributed by atoms with E-state index in [1.54, 1.807) is 29.2 Å². The second-order valence-electron chi connectivity index (χ2n) is 9.24. The molecule has 2 aromatic rings. The number of carbonyl (C=O) groups excluding carboxylic acids is 2. The molecule has 0 spiro atoms. The third-order valence-electron chi connectivity index (χ3n) is 6.57. The van der Waals surface area contributed by atoms with Crippen LogP contribution in [0.15, 0.2) is 54.1 Å². The summed E-state index contributed by atoms with van der Waals surface area (Å²) in [5.41, 5.74) is 1.30. The zero-order valence-electron chi connectivity index (χ0n) is 21.7. The number of aliphatic hydroxyl groups is 1. The lowest BCUT2D eigenvalue weighted by Gasteiger charge is -2.31. The van der Waals surface area contributed by atoms with E-state index in [9.17, 15) is 14.7 Å². The molecule has 0 unspecified atom stereocenters. The van der Waals surface area contributed by atoms with Crippen molar-refractivity contribution in [2.45, 2.75) is 32.7 Å². The van der Waals surface area contributed by atoms with Crippen molar-refractivity contribution >= 4 is 17.4 Å². The van der Waals surface area contributed by atoms with E-state index in [0.717, 1.165) is 37.2 Å². The van der Waals surface area contributed by atoms with Gasteiger partial charge in [-0.25, -0.2) is 0 Å². The maximum Gasteiger partial charge on any atom is 0.295 e. The van der Waals surface area contributed by atoms with Gasteiger partial charge in [0.25, 0.3) is 11.7 Å². The van der Waals surface area contributed by atoms with E-state index in [-0.39, 0.29) is 11.3 Å². The second kappa shape index (κ2) is 12.7. The lowest BCUT2D eigenvalue weighted by molar-refractivity contribution is -0.140. The molecule has 2 saturated heterocycles. The fourth-order valence-corrected chi connectivity index (χ4v) is 4.58. The van der Waals surface area contributed by atoms with Crippen LogP contribution in [-0.2, 0) is 14.3 Å². The summed E-state index contributed by atoms with van der Waals surface area (Å²) in [6.07, 6.45) is 1.78. The van der Waals surface area contributed by atoms with Crippen molar-refractivity contribution in [2.75, 3.05) is 52.6 Å². The maximum atomic E-state index is 13.3. The molecule has 2 aliphatic heterocycles. The number of amides is 1. The molecule has 198 valence electrons. The van der Waals surface area contributed by atoms with Gasteiger partial charge in [-0.15, -0.1) is 0 Å². The van der Waals surface area contributed by atoms with Gasteiger partial charge in [0.15, 0.2) is 0 Å². The Bertz CT molecular complexity index is 1090. The van der Waals surface area contributed by atoms with Crippen LogP contribution < -0.4 is 9.47 Å². The Labute approximate surface area is 218 Å². The molecule has 2 heterocycles. The number of aliphatic hydroxyl groups excluding tert-OH is 1. The van der Waals surface area contributed by atoms with E-state index in [1.165, 1.54) is 0 Å². The average molecular weight is 509 g/mol. The summed E-state index contributed by atoms with van der Waals surface area (Å²) >= 11 is 0. The van der Waals surface area contributed by atoms with Crippen molar-refractivity contribution in [3.05, 3.63) is 65.2 Å². The van der Waals surface area contributed by atoms with Crippen LogP contribution in [0, 0.1) is 0 Å². The summed E-state index contributed by atoms with van der Waals surface area (Å²) < 4.78 is 16.8. The molecular formula is C29H36N2O6. The number of ether oxygens (including phenoxy) is 3. The molecule has 2 aliphatic rings. The van der Waals surface area contributed by atoms with Crippen LogP contribution in [0.5, 0.6) is 11.5 Å². The summed E-state index contributed by atoms with van der Waals surface area (Å²) in [4.78, 5) is 30.3. The van der Waals surface area contributed by atoms with Crippen LogP contribution in [-0.4, -0.2) is 79.2 Å². The Morgan fingerprint density at radius 3 is 2.03 bits per heavy atom. The Balaban J connectivity index is 1.67. The van der Waals surface area contributed by atoms with Crippen molar-refractivity contribution in [2.24, 2.45) is 0 Å². The zero-order chi connectivity index (χ0) is 26.2. The van der Waals surface area contributed by atoms with E-state index in [0.29, 0.717) is 50.8 Å². The Morgan fingerprint density at radius 2 is 1.46 bits per heavy atom. The minimum Gasteiger partial charge on any atom is -0.507 e. The highest BCUT2D eigenvalue weighted by atomic mass is 16.5. The van der Waals surface area contributed by atoms with Crippen LogP contribution in [0.4, 0.5) is 0 Å². The van der Waals surface area contributed by atoms with E-state index in [2.05, 4.69) is 4.90 Å². The van der Waals surface area contributed by atoms with Gasteiger partial charge in [-0.05, 0) is 54.8 Å². The van der Waals surface area contributed by atoms with Gasteiger partial charge in [0, 0.05) is 31.7 Å². The number of carbonyl (C=O) groups is 2. The zero-order valence-corrected chi connectivity index (χ0v) is 21.7. The van der Waals surface area contributed by atoms with Gasteiger partial charge in [-0.1, -0.05) is 26.0 Å². The van der Waals surface area contributed by atoms with E-state index < -0.39 is 17.7 Å². The molecular weight excluding hydrogens is 472 g/mol. The summed E-state index contributed by atoms with van der Waals surface area (Å²) in [6.45, 7) is 9.12. The number of ketones is 1. The molecule has 0 saturated carbocycles. The molecule has 1 N–H and O–H groups in total. The quantitative estimate of drug-likeness (QED) is 0.279. The normalized spacial score (nSPS) is 19.8. The predicted octanol–water partition coefficient (Wildman–Crippen LogP) is 4.02. The van der Waals surface area contributed by atoms with E-state index in [1.807, 2.05) is 38.1 Å². The number of nitrogens with zero attached hydrogens (tertiary/aromatic N) is 2. The fraction of sp³-hybridized carbons (Fsp3) is 0.448. The first-order chi connectivity index (χ1) is 18.0. The van der Waals surface area contributed by atoms with Crippen LogP contribution in [0.1, 0.15) is 43.9 Å². The standard InChI is InChI=1S/C29H36N2O6/c1-3-17-36-23-9-5-21(6-10-23)26-25(27(32)22-7-11-24(12-8-22)37-18-4-2)28(33)29(34)31(26)14-13-30-15-19-35-20-16-30/h5-12,26,32H,3-4,13-20H2,1-2H3/t26-/m0/s1. The smallest absolute Gasteiger partial charge is 0.295 e. The summed E-state index contributed by atoms with van der Waals surface area (Å²) in [5.74, 6) is -0.0659. The van der Waals surface area contributed by atoms with Gasteiger partial charge in [0.05, 0.1) is 38.0 Å². The van der Waals surface area contributed by atoms with Crippen molar-refractivity contribution in [1.29, 1.82) is 0 Å². The SMILES string of the molecule is CCCOc1ccc(C(O)=C2C(=O)C(=O)N(CCN3CCOCC3)[C@H]2c2ccc(OCCC)cc2)cc1. The molecule has 4 rings (SSSR count). The molecule has 0 aliphatic carbocycles. The summed E-state index contributed by atoms with van der Waals surface area (Å²) in [5, 5.41) is 11.3. The molecule has 37 heavy (non-hydrogen) atoms. The highest BCUT2D eigenvalue weighted by molar-refractivity contribution is 6.46. The first kappa shape index (κ1) is 26.7. The topological polar surface area (TPSA) is 88.5 Å². The highest BCUT2D eigenvalue weighted by Gasteiger charge is 2.46. The number of rotatable bonds is 11. The molecule has 1 amide bonds. The average Bonchev–Trinajstić information content (AvgIpc) is 3.19. The number of benzene rings is 2. The molecule has 8 nitrogen and oxygen atoms in total. The lowest BCUT2D eigenvalue weighted by Crippen LogP contribution is -2.42. The third kappa shape index (κ3) is 6.32. The largest absolute Gasteiger partial charge is 0.507 e. The van der Waals surface area contributed by atoms with Crippen LogP contribution >= 0.6 is 0 Å². The Kier molecular flexibility index (Phi) is 9.19. The monoisotopic (exact) mass is 508 g/mol. The molecule has 0 aromatic heterocycles. The number of hydrogen-bond donors (Lipinski definition) is 1. The lowest BCUT2D eigenvalue weighted by atomic mass is 9.95. The van der Waals surface area contributed by atoms with Gasteiger partial charge in [0.2, 0.25) is 0 Å². The van der Waals surface area contributed by atoms with Crippen LogP contribution in [0.3, 0.4) is 0 Å². The predicted molar refractivity (Wildman–Crippen MR) is 141 cm³/mol. The van der Waals surface area contributed by atoms with Crippen molar-refractivity contribution in [3.8, 4) is 11.5 Å². The fourth-order valence-electron chi connectivity index (χ4n) is 4.58. The van der Waals surface area contributed by atoms with Gasteiger partial charge >= 0.3 is 0 Å². The van der Waals surface area contributed by atoms with Gasteiger partial charge in [-0.3, -0.25) is 14.5 Å². The van der Waals surface area contributed by atoms with Gasteiger partial charge < -0.3 is 24.2 Å². The Morgan fingerprint density at radius 1 is 0.892 bits per heavy atom. The number of hydrogen-bond acceptors (Lipinski definition) is 7. The van der Waals surface area contributed by atoms with Crippen LogP contribution in [0.2, 0.25) is 0 Å². The van der Waals surface area contributed by atoms with E-state index >= 15 is 0 Å². The maximum absolute atomic E-state index is 13.3. The first-order valence-corrected chi connectivity index (χ1v) is 13.1. The minimum absolute atomic E-state index is 0.0939. The molecule has 1 atom stereocenters. The number of likely N-dealkylation sites (tertiary alicyclic amines) is 1. The third-order valence-corrected chi connectivity index (χ3v) is 6.57. The molecule has 8 heteroatoms. The summed E-state index contributed by atoms with van der Waals surface area (Å²) in [6, 6.07) is 13.6. The molecule has 0 radical (unpaired) electrons. The van der Waals surface area contributed by atoms with Gasteiger partial charge in [0.1, 0.15) is 17.3 Å². The number of morpholine rings is 1. The van der Waals surface area contributed by atoms with Crippen molar-refractivity contribution in [1.82, 2.24) is 9.80 Å². The van der Waals surface area contributed by atoms with Crippen molar-refractivity contribution < 1.29 is 28.9 Å². The summed E-state index contributed by atoms with van der Waals surface area (Å²) in [7, 11) is 0. The first-order valence-electron chi connectivity index (χ1n) is 13.1. The van der Waals surface area contributed by atoms with Crippen molar-refractivity contribution in [3.63, 3.8) is 0 Å². The van der Waals surface area contributed by atoms with Crippen LogP contribution in [0.25, 0.3) is 5.76 Å². The molecule has 2 aromatic carbocycles. The van der Waals surface area contributed by atoms with Gasteiger partial charge in [-0.2, -0.15) is 0 Å². The molecule has 2 fully saturated rings. The highest BCUT2D eigenvalue weighted by Crippen LogP contribution is 2.40. The Hall–Kier alpha value is -3.36. The minimum atomic E-state index is -0.697. The van der Waals surface area contributed by atoms with E-state index in [4.69, 9.17) is 14.2 Å². The molecule has 0 bridgehead atoms. The second-order valence-corrected chi connectivity index (χ2v) is 9.24.